The number of nitrogens with one attached hydrogen (secondary N) is 1. The van der Waals surface area contributed by atoms with Gasteiger partial charge in [-0.3, -0.25) is 0 Å². The van der Waals surface area contributed by atoms with Crippen LogP contribution in [0.2, 0.25) is 0 Å². The third-order valence-corrected chi connectivity index (χ3v) is 6.19. The maximum absolute atomic E-state index is 5.54. The average molecular weight is 436 g/mol. The maximum atomic E-state index is 5.54. The Bertz CT molecular complexity index is 1240. The number of methoxy groups -OCH3 is 1. The highest BCUT2D eigenvalue weighted by Gasteiger charge is 2.24. The van der Waals surface area contributed by atoms with Crippen molar-refractivity contribution in [1.82, 2.24) is 29.3 Å². The summed E-state index contributed by atoms with van der Waals surface area (Å²) in [5, 5.41) is 11.2. The highest BCUT2D eigenvalue weighted by molar-refractivity contribution is 7.14. The third kappa shape index (κ3) is 3.59. The Kier molecular flexibility index (Phi) is 4.97. The lowest BCUT2D eigenvalue weighted by atomic mass is 10.2. The first-order chi connectivity index (χ1) is 15.0. The van der Waals surface area contributed by atoms with Gasteiger partial charge in [0.2, 0.25) is 5.88 Å². The summed E-state index contributed by atoms with van der Waals surface area (Å²) in [5.41, 5.74) is 5.90. The number of ether oxygens (including phenoxy) is 1. The number of rotatable bonds is 6. The largest absolute Gasteiger partial charge is 0.479 e. The van der Waals surface area contributed by atoms with Crippen molar-refractivity contribution in [1.29, 1.82) is 0 Å². The number of hydrogen-bond donors (Lipinski definition) is 1. The summed E-state index contributed by atoms with van der Waals surface area (Å²) in [6, 6.07) is 4.23. The maximum Gasteiger partial charge on any atom is 0.238 e. The lowest BCUT2D eigenvalue weighted by Crippen LogP contribution is -2.08. The molecule has 1 aliphatic carbocycles. The number of imidazole rings is 1. The van der Waals surface area contributed by atoms with Crippen LogP contribution in [0.3, 0.4) is 0 Å². The monoisotopic (exact) mass is 435 g/mol. The lowest BCUT2D eigenvalue weighted by Gasteiger charge is -2.13. The van der Waals surface area contributed by atoms with Crippen molar-refractivity contribution in [2.24, 2.45) is 0 Å². The van der Waals surface area contributed by atoms with Crippen molar-refractivity contribution in [3.63, 3.8) is 0 Å². The van der Waals surface area contributed by atoms with Crippen molar-refractivity contribution in [2.45, 2.75) is 46.1 Å². The minimum atomic E-state index is 0.290. The normalized spacial score (nSPS) is 13.1. The van der Waals surface area contributed by atoms with E-state index in [1.54, 1.807) is 24.8 Å². The number of fused-ring (bicyclic) bond motifs is 1. The van der Waals surface area contributed by atoms with Gasteiger partial charge in [-0.2, -0.15) is 5.10 Å². The first-order valence-electron chi connectivity index (χ1n) is 10.4. The molecule has 0 saturated carbocycles. The van der Waals surface area contributed by atoms with Crippen molar-refractivity contribution >= 4 is 22.3 Å². The molecule has 4 aromatic heterocycles. The molecule has 0 spiro atoms. The van der Waals surface area contributed by atoms with E-state index in [-0.39, 0.29) is 6.04 Å². The van der Waals surface area contributed by atoms with Crippen molar-refractivity contribution in [3.8, 4) is 23.0 Å². The van der Waals surface area contributed by atoms with Gasteiger partial charge in [-0.05, 0) is 52.2 Å². The number of hydrogen-bond acceptors (Lipinski definition) is 7. The standard InChI is InChI=1S/C22H25N7OS/c1-13(2)29-20(15-6-5-7-16(15)27-29)26-22-25-18(11-31-22)17-8-9-19(21(24-17)30-4)28-10-14(3)23-12-28/h8-13H,5-7H2,1-4H3,(H,25,26). The number of pyridine rings is 1. The third-order valence-electron chi connectivity index (χ3n) is 5.44. The first-order valence-corrected chi connectivity index (χ1v) is 11.3. The van der Waals surface area contributed by atoms with Crippen LogP contribution >= 0.6 is 11.3 Å². The smallest absolute Gasteiger partial charge is 0.238 e. The second kappa shape index (κ2) is 7.81. The summed E-state index contributed by atoms with van der Waals surface area (Å²) in [6.07, 6.45) is 6.99. The molecule has 8 nitrogen and oxygen atoms in total. The van der Waals surface area contributed by atoms with E-state index in [2.05, 4.69) is 33.8 Å². The lowest BCUT2D eigenvalue weighted by molar-refractivity contribution is 0.396. The van der Waals surface area contributed by atoms with Gasteiger partial charge >= 0.3 is 0 Å². The van der Waals surface area contributed by atoms with E-state index in [1.165, 1.54) is 17.7 Å². The Labute approximate surface area is 185 Å². The van der Waals surface area contributed by atoms with Crippen LogP contribution in [0.5, 0.6) is 5.88 Å². The second-order valence-electron chi connectivity index (χ2n) is 7.98. The van der Waals surface area contributed by atoms with Gasteiger partial charge in [0, 0.05) is 23.2 Å². The van der Waals surface area contributed by atoms with E-state index in [1.807, 2.05) is 35.2 Å². The molecule has 9 heteroatoms. The minimum Gasteiger partial charge on any atom is -0.479 e. The summed E-state index contributed by atoms with van der Waals surface area (Å²) >= 11 is 1.57. The molecule has 5 rings (SSSR count). The molecule has 0 aromatic carbocycles. The van der Waals surface area contributed by atoms with Crippen LogP contribution in [0.15, 0.2) is 30.0 Å². The molecule has 4 aromatic rings. The molecule has 0 aliphatic heterocycles. The van der Waals surface area contributed by atoms with Crippen LogP contribution in [0.1, 0.15) is 43.3 Å². The highest BCUT2D eigenvalue weighted by atomic mass is 32.1. The first kappa shape index (κ1) is 19.7. The molecule has 1 aliphatic rings. The van der Waals surface area contributed by atoms with Gasteiger partial charge in [-0.1, -0.05) is 0 Å². The molecule has 31 heavy (non-hydrogen) atoms. The van der Waals surface area contributed by atoms with E-state index in [9.17, 15) is 0 Å². The second-order valence-corrected chi connectivity index (χ2v) is 8.83. The van der Waals surface area contributed by atoms with Crippen molar-refractivity contribution in [3.05, 3.63) is 47.0 Å². The van der Waals surface area contributed by atoms with Crippen LogP contribution in [-0.4, -0.2) is 36.4 Å². The van der Waals surface area contributed by atoms with Gasteiger partial charge in [0.25, 0.3) is 0 Å². The average Bonchev–Trinajstić information content (AvgIpc) is 3.53. The van der Waals surface area contributed by atoms with Gasteiger partial charge in [0.05, 0.1) is 30.5 Å². The quantitative estimate of drug-likeness (QED) is 0.472. The predicted molar refractivity (Wildman–Crippen MR) is 122 cm³/mol. The van der Waals surface area contributed by atoms with E-state index < -0.39 is 0 Å². The molecule has 0 bridgehead atoms. The molecule has 160 valence electrons. The van der Waals surface area contributed by atoms with E-state index in [0.29, 0.717) is 5.88 Å². The Morgan fingerprint density at radius 1 is 1.16 bits per heavy atom. The topological polar surface area (TPSA) is 82.7 Å². The molecule has 4 heterocycles. The summed E-state index contributed by atoms with van der Waals surface area (Å²) in [4.78, 5) is 13.8. The molecule has 0 radical (unpaired) electrons. The van der Waals surface area contributed by atoms with E-state index in [4.69, 9.17) is 14.8 Å². The fourth-order valence-corrected chi connectivity index (χ4v) is 4.65. The SMILES string of the molecule is COc1nc(-c2csc(Nc3c4c(nn3C(C)C)CCC4)n2)ccc1-n1cnc(C)c1. The molecule has 0 unspecified atom stereocenters. The van der Waals surface area contributed by atoms with Crippen LogP contribution in [-0.2, 0) is 12.8 Å². The summed E-state index contributed by atoms with van der Waals surface area (Å²) < 4.78 is 9.53. The highest BCUT2D eigenvalue weighted by Crippen LogP contribution is 2.35. The Balaban J connectivity index is 1.44. The van der Waals surface area contributed by atoms with Gasteiger partial charge in [-0.25, -0.2) is 19.6 Å². The van der Waals surface area contributed by atoms with E-state index >= 15 is 0 Å². The minimum absolute atomic E-state index is 0.290. The molecule has 0 saturated heterocycles. The Morgan fingerprint density at radius 3 is 2.77 bits per heavy atom. The number of anilines is 2. The molecule has 0 amide bonds. The fraction of sp³-hybridized carbons (Fsp3) is 0.364. The summed E-state index contributed by atoms with van der Waals surface area (Å²) in [6.45, 7) is 6.26. The van der Waals surface area contributed by atoms with Crippen LogP contribution in [0.4, 0.5) is 10.9 Å². The van der Waals surface area contributed by atoms with Gasteiger partial charge in [0.1, 0.15) is 17.2 Å². The zero-order chi connectivity index (χ0) is 21.5. The number of nitrogens with zero attached hydrogens (tertiary/aromatic N) is 6. The molecule has 1 N–H and O–H groups in total. The van der Waals surface area contributed by atoms with Crippen LogP contribution in [0.25, 0.3) is 17.1 Å². The zero-order valence-electron chi connectivity index (χ0n) is 18.1. The van der Waals surface area contributed by atoms with Crippen LogP contribution < -0.4 is 10.1 Å². The number of thiazole rings is 1. The molecule has 0 fully saturated rings. The van der Waals surface area contributed by atoms with E-state index in [0.717, 1.165) is 46.6 Å². The summed E-state index contributed by atoms with van der Waals surface area (Å²) in [5.74, 6) is 1.60. The molecule has 0 atom stereocenters. The van der Waals surface area contributed by atoms with Gasteiger partial charge in [-0.15, -0.1) is 11.3 Å². The Morgan fingerprint density at radius 2 is 2.03 bits per heavy atom. The van der Waals surface area contributed by atoms with Crippen molar-refractivity contribution in [2.75, 3.05) is 12.4 Å². The van der Waals surface area contributed by atoms with Gasteiger partial charge < -0.3 is 14.6 Å². The molecular formula is C22H25N7OS. The number of aromatic nitrogens is 6. The zero-order valence-corrected chi connectivity index (χ0v) is 18.9. The van der Waals surface area contributed by atoms with Crippen molar-refractivity contribution < 1.29 is 4.74 Å². The van der Waals surface area contributed by atoms with Gasteiger partial charge in [0.15, 0.2) is 5.13 Å². The molecular weight excluding hydrogens is 410 g/mol. The summed E-state index contributed by atoms with van der Waals surface area (Å²) in [7, 11) is 1.63. The van der Waals surface area contributed by atoms with Crippen LogP contribution in [0, 0.1) is 6.92 Å². The fourth-order valence-electron chi connectivity index (χ4n) is 3.94. The Hall–Kier alpha value is -3.20. The number of aryl methyl sites for hydroxylation is 2. The predicted octanol–water partition coefficient (Wildman–Crippen LogP) is 4.72.